The summed E-state index contributed by atoms with van der Waals surface area (Å²) in [5.74, 6) is 0.577. The van der Waals surface area contributed by atoms with E-state index in [9.17, 15) is 8.42 Å². The topological polar surface area (TPSA) is 66.4 Å². The molecular formula is C13H18BrNO3S. The van der Waals surface area contributed by atoms with Crippen LogP contribution in [0.25, 0.3) is 0 Å². The maximum absolute atomic E-state index is 12.3. The van der Waals surface area contributed by atoms with Gasteiger partial charge in [0, 0.05) is 10.5 Å². The summed E-state index contributed by atoms with van der Waals surface area (Å²) in [4.78, 5) is 0.226. The molecular weight excluding hydrogens is 330 g/mol. The van der Waals surface area contributed by atoms with Crippen LogP contribution in [0.1, 0.15) is 31.7 Å². The van der Waals surface area contributed by atoms with E-state index >= 15 is 0 Å². The molecule has 0 heterocycles. The molecule has 19 heavy (non-hydrogen) atoms. The van der Waals surface area contributed by atoms with Gasteiger partial charge in [-0.15, -0.1) is 0 Å². The number of benzene rings is 1. The minimum absolute atomic E-state index is 0.0319. The van der Waals surface area contributed by atoms with Gasteiger partial charge in [0.1, 0.15) is 0 Å². The highest BCUT2D eigenvalue weighted by molar-refractivity contribution is 9.10. The van der Waals surface area contributed by atoms with Gasteiger partial charge in [0.15, 0.2) is 0 Å². The normalized spacial score (nSPS) is 23.7. The molecule has 1 aromatic rings. The summed E-state index contributed by atoms with van der Waals surface area (Å²) in [6, 6.07) is 4.81. The minimum Gasteiger partial charge on any atom is -0.392 e. The lowest BCUT2D eigenvalue weighted by Crippen LogP contribution is -2.33. The average molecular weight is 348 g/mol. The second kappa shape index (κ2) is 5.91. The van der Waals surface area contributed by atoms with Gasteiger partial charge in [0.2, 0.25) is 10.0 Å². The first-order valence-corrected chi connectivity index (χ1v) is 8.61. The van der Waals surface area contributed by atoms with Crippen LogP contribution in [-0.2, 0) is 16.6 Å². The highest BCUT2D eigenvalue weighted by Crippen LogP contribution is 2.28. The molecule has 2 N–H and O–H groups in total. The van der Waals surface area contributed by atoms with Gasteiger partial charge in [-0.25, -0.2) is 13.1 Å². The Kier molecular flexibility index (Phi) is 4.66. The molecule has 1 aromatic carbocycles. The Morgan fingerprint density at radius 3 is 2.68 bits per heavy atom. The van der Waals surface area contributed by atoms with Gasteiger partial charge < -0.3 is 5.11 Å². The Morgan fingerprint density at radius 1 is 1.42 bits per heavy atom. The molecule has 6 heteroatoms. The predicted octanol–water partition coefficient (Wildman–Crippen LogP) is 2.41. The van der Waals surface area contributed by atoms with Crippen LogP contribution in [-0.4, -0.2) is 19.6 Å². The van der Waals surface area contributed by atoms with E-state index in [1.165, 1.54) is 6.07 Å². The fourth-order valence-corrected chi connectivity index (χ4v) is 4.87. The minimum atomic E-state index is -3.50. The van der Waals surface area contributed by atoms with E-state index in [1.807, 2.05) is 0 Å². The number of aliphatic hydroxyl groups is 1. The van der Waals surface area contributed by atoms with Crippen molar-refractivity contribution < 1.29 is 13.5 Å². The van der Waals surface area contributed by atoms with Crippen molar-refractivity contribution in [1.82, 2.24) is 4.72 Å². The molecule has 0 amide bonds. The van der Waals surface area contributed by atoms with Crippen LogP contribution in [0.15, 0.2) is 27.6 Å². The van der Waals surface area contributed by atoms with E-state index in [4.69, 9.17) is 5.11 Å². The highest BCUT2D eigenvalue weighted by Gasteiger charge is 2.27. The molecule has 1 saturated carbocycles. The number of rotatable bonds is 4. The molecule has 1 fully saturated rings. The third kappa shape index (κ3) is 3.56. The van der Waals surface area contributed by atoms with Crippen LogP contribution < -0.4 is 4.72 Å². The molecule has 2 unspecified atom stereocenters. The fraction of sp³-hybridized carbons (Fsp3) is 0.538. The highest BCUT2D eigenvalue weighted by atomic mass is 79.9. The zero-order chi connectivity index (χ0) is 14.0. The van der Waals surface area contributed by atoms with Gasteiger partial charge in [0.05, 0.1) is 11.5 Å². The number of hydrogen-bond acceptors (Lipinski definition) is 3. The first kappa shape index (κ1) is 15.0. The van der Waals surface area contributed by atoms with Gasteiger partial charge in [-0.1, -0.05) is 13.0 Å². The molecule has 1 aliphatic carbocycles. The van der Waals surface area contributed by atoms with E-state index in [0.717, 1.165) is 19.3 Å². The summed E-state index contributed by atoms with van der Waals surface area (Å²) in [5, 5.41) is 9.03. The quantitative estimate of drug-likeness (QED) is 0.878. The zero-order valence-corrected chi connectivity index (χ0v) is 13.2. The standard InChI is InChI=1S/C13H18BrNO3S/c1-9-2-4-11(6-9)15-19(17,18)13-5-3-10(8-16)7-12(13)14/h3,5,7,9,11,15-16H,2,4,6,8H2,1H3. The molecule has 0 aliphatic heterocycles. The van der Waals surface area contributed by atoms with Crippen LogP contribution in [0.5, 0.6) is 0 Å². The number of aliphatic hydroxyl groups excluding tert-OH is 1. The molecule has 2 rings (SSSR count). The fourth-order valence-electron chi connectivity index (χ4n) is 2.46. The molecule has 2 atom stereocenters. The smallest absolute Gasteiger partial charge is 0.241 e. The van der Waals surface area contributed by atoms with E-state index in [2.05, 4.69) is 27.6 Å². The molecule has 0 bridgehead atoms. The Bertz CT molecular complexity index is 559. The first-order valence-electron chi connectivity index (χ1n) is 6.34. The maximum Gasteiger partial charge on any atom is 0.241 e. The number of halogens is 1. The maximum atomic E-state index is 12.3. The summed E-state index contributed by atoms with van der Waals surface area (Å²) < 4.78 is 27.9. The van der Waals surface area contributed by atoms with E-state index in [-0.39, 0.29) is 17.5 Å². The second-order valence-corrected chi connectivity index (χ2v) is 7.70. The average Bonchev–Trinajstić information content (AvgIpc) is 2.73. The first-order chi connectivity index (χ1) is 8.92. The molecule has 106 valence electrons. The lowest BCUT2D eigenvalue weighted by Gasteiger charge is -2.14. The Hall–Kier alpha value is -0.430. The lowest BCUT2D eigenvalue weighted by molar-refractivity contribution is 0.281. The Morgan fingerprint density at radius 2 is 2.16 bits per heavy atom. The van der Waals surface area contributed by atoms with Gasteiger partial charge in [-0.3, -0.25) is 0 Å². The molecule has 1 aliphatic rings. The van der Waals surface area contributed by atoms with Gasteiger partial charge in [0.25, 0.3) is 0 Å². The molecule has 0 radical (unpaired) electrons. The van der Waals surface area contributed by atoms with E-state index in [0.29, 0.717) is 16.0 Å². The third-order valence-electron chi connectivity index (χ3n) is 3.49. The summed E-state index contributed by atoms with van der Waals surface area (Å²) in [6.07, 6.45) is 2.86. The van der Waals surface area contributed by atoms with Crippen LogP contribution in [0.4, 0.5) is 0 Å². The van der Waals surface area contributed by atoms with Crippen LogP contribution in [0.2, 0.25) is 0 Å². The van der Waals surface area contributed by atoms with Crippen LogP contribution >= 0.6 is 15.9 Å². The van der Waals surface area contributed by atoms with Gasteiger partial charge >= 0.3 is 0 Å². The van der Waals surface area contributed by atoms with E-state index in [1.54, 1.807) is 12.1 Å². The van der Waals surface area contributed by atoms with Crippen molar-refractivity contribution in [1.29, 1.82) is 0 Å². The zero-order valence-electron chi connectivity index (χ0n) is 10.8. The number of hydrogen-bond donors (Lipinski definition) is 2. The van der Waals surface area contributed by atoms with Crippen molar-refractivity contribution in [2.45, 2.75) is 43.7 Å². The van der Waals surface area contributed by atoms with Crippen molar-refractivity contribution in [2.24, 2.45) is 5.92 Å². The summed E-state index contributed by atoms with van der Waals surface area (Å²) in [5.41, 5.74) is 0.681. The van der Waals surface area contributed by atoms with Gasteiger partial charge in [-0.2, -0.15) is 0 Å². The summed E-state index contributed by atoms with van der Waals surface area (Å²) >= 11 is 3.25. The summed E-state index contributed by atoms with van der Waals surface area (Å²) in [7, 11) is -3.50. The molecule has 4 nitrogen and oxygen atoms in total. The SMILES string of the molecule is CC1CCC(NS(=O)(=O)c2ccc(CO)cc2Br)C1. The largest absolute Gasteiger partial charge is 0.392 e. The van der Waals surface area contributed by atoms with Crippen LogP contribution in [0.3, 0.4) is 0 Å². The van der Waals surface area contributed by atoms with E-state index < -0.39 is 10.0 Å². The molecule has 0 aromatic heterocycles. The number of sulfonamides is 1. The number of nitrogens with one attached hydrogen (secondary N) is 1. The van der Waals surface area contributed by atoms with Crippen LogP contribution in [0, 0.1) is 5.92 Å². The summed E-state index contributed by atoms with van der Waals surface area (Å²) in [6.45, 7) is 2.03. The Balaban J connectivity index is 2.19. The second-order valence-electron chi connectivity index (χ2n) is 5.16. The van der Waals surface area contributed by atoms with Crippen molar-refractivity contribution in [2.75, 3.05) is 0 Å². The Labute approximate surface area is 122 Å². The van der Waals surface area contributed by atoms with Crippen molar-refractivity contribution in [3.63, 3.8) is 0 Å². The van der Waals surface area contributed by atoms with Crippen molar-refractivity contribution in [3.8, 4) is 0 Å². The van der Waals surface area contributed by atoms with Crippen molar-refractivity contribution in [3.05, 3.63) is 28.2 Å². The monoisotopic (exact) mass is 347 g/mol. The lowest BCUT2D eigenvalue weighted by atomic mass is 10.1. The molecule has 0 saturated heterocycles. The third-order valence-corrected chi connectivity index (χ3v) is 5.98. The van der Waals surface area contributed by atoms with Gasteiger partial charge in [-0.05, 0) is 58.8 Å². The van der Waals surface area contributed by atoms with Crippen molar-refractivity contribution >= 4 is 26.0 Å². The molecule has 0 spiro atoms. The predicted molar refractivity (Wildman–Crippen MR) is 77.2 cm³/mol.